The third kappa shape index (κ3) is 2.67. The fraction of sp³-hybridized carbons (Fsp3) is 0.444. The maximum atomic E-state index is 12.5. The number of aromatic nitrogens is 1. The summed E-state index contributed by atoms with van der Waals surface area (Å²) in [6, 6.07) is 7.88. The molecule has 1 amide bonds. The van der Waals surface area contributed by atoms with Crippen LogP contribution in [0, 0.1) is 5.92 Å². The molecule has 3 fully saturated rings. The van der Waals surface area contributed by atoms with E-state index in [4.69, 9.17) is 10.2 Å². The molecule has 2 unspecified atom stereocenters. The Morgan fingerprint density at radius 1 is 1.38 bits per heavy atom. The van der Waals surface area contributed by atoms with E-state index in [-0.39, 0.29) is 17.8 Å². The van der Waals surface area contributed by atoms with Crippen molar-refractivity contribution in [3.05, 3.63) is 36.4 Å². The van der Waals surface area contributed by atoms with Crippen molar-refractivity contribution in [1.82, 2.24) is 15.2 Å². The van der Waals surface area contributed by atoms with Crippen molar-refractivity contribution in [2.24, 2.45) is 5.92 Å². The number of hydrogen-bond acceptors (Lipinski definition) is 5. The van der Waals surface area contributed by atoms with Crippen molar-refractivity contribution in [3.8, 4) is 11.3 Å². The number of carbonyl (C=O) groups excluding carboxylic acids is 1. The zero-order chi connectivity index (χ0) is 16.7. The first-order chi connectivity index (χ1) is 11.6. The fourth-order valence-corrected chi connectivity index (χ4v) is 3.96. The number of fused-ring (bicyclic) bond motifs is 3. The van der Waals surface area contributed by atoms with Crippen LogP contribution in [0.3, 0.4) is 0 Å². The van der Waals surface area contributed by atoms with Gasteiger partial charge in [0.2, 0.25) is 0 Å². The smallest absolute Gasteiger partial charge is 0.307 e. The zero-order valence-electron chi connectivity index (χ0n) is 13.7. The molecule has 3 saturated heterocycles. The van der Waals surface area contributed by atoms with Crippen LogP contribution in [-0.2, 0) is 0 Å². The van der Waals surface area contributed by atoms with Gasteiger partial charge in [-0.15, -0.1) is 0 Å². The molecule has 3 aliphatic rings. The number of nitrogens with zero attached hydrogens (tertiary/aromatic N) is 2. The van der Waals surface area contributed by atoms with Gasteiger partial charge in [0.15, 0.2) is 5.76 Å². The summed E-state index contributed by atoms with van der Waals surface area (Å²) in [4.78, 5) is 19.1. The van der Waals surface area contributed by atoms with Gasteiger partial charge in [-0.05, 0) is 50.9 Å². The highest BCUT2D eigenvalue weighted by Gasteiger charge is 2.40. The molecule has 0 spiro atoms. The SMILES string of the molecule is CC1C(NC(=O)c2ncc(-c3cccc(N)c3)o2)C2CCN1CC2. The predicted molar refractivity (Wildman–Crippen MR) is 91.4 cm³/mol. The van der Waals surface area contributed by atoms with E-state index >= 15 is 0 Å². The Bertz CT molecular complexity index is 747. The Balaban J connectivity index is 1.49. The van der Waals surface area contributed by atoms with Crippen LogP contribution in [0.15, 0.2) is 34.9 Å². The van der Waals surface area contributed by atoms with Gasteiger partial charge in [-0.2, -0.15) is 0 Å². The monoisotopic (exact) mass is 326 g/mol. The Morgan fingerprint density at radius 2 is 2.17 bits per heavy atom. The van der Waals surface area contributed by atoms with Crippen LogP contribution in [0.25, 0.3) is 11.3 Å². The van der Waals surface area contributed by atoms with E-state index in [0.717, 1.165) is 31.5 Å². The average Bonchev–Trinajstić information content (AvgIpc) is 3.09. The number of hydrogen-bond donors (Lipinski definition) is 2. The highest BCUT2D eigenvalue weighted by Crippen LogP contribution is 2.32. The number of oxazole rings is 1. The van der Waals surface area contributed by atoms with Gasteiger partial charge in [-0.25, -0.2) is 4.98 Å². The highest BCUT2D eigenvalue weighted by atomic mass is 16.4. The molecule has 6 heteroatoms. The summed E-state index contributed by atoms with van der Waals surface area (Å²) >= 11 is 0. The predicted octanol–water partition coefficient (Wildman–Crippen LogP) is 2.14. The zero-order valence-corrected chi connectivity index (χ0v) is 13.7. The van der Waals surface area contributed by atoms with Gasteiger partial charge in [-0.3, -0.25) is 9.69 Å². The van der Waals surface area contributed by atoms with Crippen LogP contribution in [0.5, 0.6) is 0 Å². The van der Waals surface area contributed by atoms with Crippen LogP contribution in [0.1, 0.15) is 30.5 Å². The topological polar surface area (TPSA) is 84.4 Å². The second-order valence-corrected chi connectivity index (χ2v) is 6.77. The largest absolute Gasteiger partial charge is 0.432 e. The second-order valence-electron chi connectivity index (χ2n) is 6.77. The molecule has 2 bridgehead atoms. The van der Waals surface area contributed by atoms with Gasteiger partial charge >= 0.3 is 5.91 Å². The molecule has 24 heavy (non-hydrogen) atoms. The van der Waals surface area contributed by atoms with Crippen molar-refractivity contribution in [3.63, 3.8) is 0 Å². The number of nitrogens with one attached hydrogen (secondary N) is 1. The summed E-state index contributed by atoms with van der Waals surface area (Å²) in [5, 5.41) is 3.13. The molecule has 3 aliphatic heterocycles. The minimum atomic E-state index is -0.240. The molecule has 0 aliphatic carbocycles. The quantitative estimate of drug-likeness (QED) is 0.844. The van der Waals surface area contributed by atoms with Crippen molar-refractivity contribution in [1.29, 1.82) is 0 Å². The molecule has 2 aromatic rings. The molecule has 0 radical (unpaired) electrons. The van der Waals surface area contributed by atoms with E-state index in [1.807, 2.05) is 18.2 Å². The number of amides is 1. The molecule has 1 aromatic heterocycles. The molecule has 126 valence electrons. The van der Waals surface area contributed by atoms with E-state index < -0.39 is 0 Å². The Labute approximate surface area is 141 Å². The average molecular weight is 326 g/mol. The minimum Gasteiger partial charge on any atom is -0.432 e. The molecule has 4 heterocycles. The van der Waals surface area contributed by atoms with Gasteiger partial charge in [0.1, 0.15) is 0 Å². The number of piperidine rings is 3. The summed E-state index contributed by atoms with van der Waals surface area (Å²) in [6.07, 6.45) is 3.87. The highest BCUT2D eigenvalue weighted by molar-refractivity contribution is 5.90. The third-order valence-corrected chi connectivity index (χ3v) is 5.35. The summed E-state index contributed by atoms with van der Waals surface area (Å²) in [6.45, 7) is 4.46. The molecule has 5 rings (SSSR count). The van der Waals surface area contributed by atoms with Gasteiger partial charge in [0.25, 0.3) is 5.89 Å². The van der Waals surface area contributed by atoms with Gasteiger partial charge in [0.05, 0.1) is 6.20 Å². The summed E-state index contributed by atoms with van der Waals surface area (Å²) in [7, 11) is 0. The molecule has 3 N–H and O–H groups in total. The summed E-state index contributed by atoms with van der Waals surface area (Å²) in [5.74, 6) is 0.971. The normalized spacial score (nSPS) is 28.7. The number of nitrogens with two attached hydrogens (primary N) is 1. The number of rotatable bonds is 3. The van der Waals surface area contributed by atoms with E-state index in [0.29, 0.717) is 23.4 Å². The van der Waals surface area contributed by atoms with Crippen molar-refractivity contribution in [2.75, 3.05) is 18.8 Å². The van der Waals surface area contributed by atoms with E-state index in [1.54, 1.807) is 12.3 Å². The molecular weight excluding hydrogens is 304 g/mol. The second kappa shape index (κ2) is 5.94. The lowest BCUT2D eigenvalue weighted by Gasteiger charge is -2.49. The maximum Gasteiger partial charge on any atom is 0.307 e. The lowest BCUT2D eigenvalue weighted by molar-refractivity contribution is 0.0210. The minimum absolute atomic E-state index is 0.107. The number of carbonyl (C=O) groups is 1. The van der Waals surface area contributed by atoms with E-state index in [1.165, 1.54) is 0 Å². The number of benzene rings is 1. The Morgan fingerprint density at radius 3 is 2.88 bits per heavy atom. The first kappa shape index (κ1) is 15.2. The van der Waals surface area contributed by atoms with Crippen LogP contribution in [0.4, 0.5) is 5.69 Å². The molecular formula is C18H22N4O2. The van der Waals surface area contributed by atoms with Crippen LogP contribution < -0.4 is 11.1 Å². The molecule has 0 saturated carbocycles. The molecule has 6 nitrogen and oxygen atoms in total. The van der Waals surface area contributed by atoms with Gasteiger partial charge in [0, 0.05) is 23.3 Å². The maximum absolute atomic E-state index is 12.5. The van der Waals surface area contributed by atoms with E-state index in [9.17, 15) is 4.79 Å². The van der Waals surface area contributed by atoms with Crippen molar-refractivity contribution >= 4 is 11.6 Å². The van der Waals surface area contributed by atoms with Gasteiger partial charge in [-0.1, -0.05) is 12.1 Å². The molecule has 2 atom stereocenters. The standard InChI is InChI=1S/C18H22N4O2/c1-11-16(12-5-7-22(11)8-6-12)21-17(23)18-20-10-15(24-18)13-3-2-4-14(19)9-13/h2-4,9-12,16H,5-8,19H2,1H3,(H,21,23). The number of anilines is 1. The summed E-state index contributed by atoms with van der Waals surface area (Å²) < 4.78 is 5.65. The summed E-state index contributed by atoms with van der Waals surface area (Å²) in [5.41, 5.74) is 7.26. The molecule has 1 aromatic carbocycles. The van der Waals surface area contributed by atoms with Gasteiger partial charge < -0.3 is 15.5 Å². The van der Waals surface area contributed by atoms with Crippen molar-refractivity contribution in [2.45, 2.75) is 31.8 Å². The lowest BCUT2D eigenvalue weighted by atomic mass is 9.79. The third-order valence-electron chi connectivity index (χ3n) is 5.35. The first-order valence-electron chi connectivity index (χ1n) is 8.48. The van der Waals surface area contributed by atoms with Crippen LogP contribution in [0.2, 0.25) is 0 Å². The Kier molecular flexibility index (Phi) is 3.76. The van der Waals surface area contributed by atoms with Crippen molar-refractivity contribution < 1.29 is 9.21 Å². The first-order valence-corrected chi connectivity index (χ1v) is 8.48. The van der Waals surface area contributed by atoms with E-state index in [2.05, 4.69) is 22.1 Å². The lowest BCUT2D eigenvalue weighted by Crippen LogP contribution is -2.62. The van der Waals surface area contributed by atoms with Crippen LogP contribution in [-0.4, -0.2) is 41.0 Å². The fourth-order valence-electron chi connectivity index (χ4n) is 3.96. The number of nitrogen functional groups attached to an aromatic ring is 1. The van der Waals surface area contributed by atoms with Crippen LogP contribution >= 0.6 is 0 Å². The Hall–Kier alpha value is -2.34.